The van der Waals surface area contributed by atoms with Gasteiger partial charge in [0, 0.05) is 18.5 Å². The Morgan fingerprint density at radius 3 is 2.76 bits per heavy atom. The van der Waals surface area contributed by atoms with Crippen LogP contribution in [0.2, 0.25) is 0 Å². The van der Waals surface area contributed by atoms with Crippen LogP contribution in [0.25, 0.3) is 10.8 Å². The van der Waals surface area contributed by atoms with E-state index in [1.165, 1.54) is 16.2 Å². The second-order valence-electron chi connectivity index (χ2n) is 4.48. The van der Waals surface area contributed by atoms with Gasteiger partial charge in [0.2, 0.25) is 0 Å². The van der Waals surface area contributed by atoms with Crippen molar-refractivity contribution in [1.82, 2.24) is 9.88 Å². The Hall–Kier alpha value is -2.15. The Bertz CT molecular complexity index is 647. The molecule has 6 nitrogen and oxygen atoms in total. The number of aliphatic carboxylic acids is 1. The van der Waals surface area contributed by atoms with Crippen LogP contribution >= 0.6 is 11.3 Å². The molecular weight excluding hydrogens is 292 g/mol. The Balaban J connectivity index is 2.12. The highest BCUT2D eigenvalue weighted by atomic mass is 32.1. The summed E-state index contributed by atoms with van der Waals surface area (Å²) in [6, 6.07) is 3.65. The lowest BCUT2D eigenvalue weighted by molar-refractivity contribution is -0.137. The summed E-state index contributed by atoms with van der Waals surface area (Å²) >= 11 is 1.33. The van der Waals surface area contributed by atoms with E-state index in [1.54, 1.807) is 5.38 Å². The van der Waals surface area contributed by atoms with Crippen LogP contribution in [-0.2, 0) is 4.79 Å². The van der Waals surface area contributed by atoms with Crippen molar-refractivity contribution >= 4 is 23.2 Å². The number of aryl methyl sites for hydroxylation is 1. The molecule has 2 rings (SSSR count). The number of furan rings is 1. The van der Waals surface area contributed by atoms with Crippen molar-refractivity contribution in [3.63, 3.8) is 0 Å². The summed E-state index contributed by atoms with van der Waals surface area (Å²) in [5.41, 5.74) is 0.316. The number of carbonyl (C=O) groups is 2. The van der Waals surface area contributed by atoms with Crippen LogP contribution in [0.4, 0.5) is 0 Å². The molecule has 1 N–H and O–H groups in total. The smallest absolute Gasteiger partial charge is 0.305 e. The predicted molar refractivity (Wildman–Crippen MR) is 78.4 cm³/mol. The molecule has 0 aliphatic carbocycles. The molecule has 2 aromatic rings. The molecular formula is C14H16N2O4S. The molecule has 0 aliphatic heterocycles. The number of rotatable bonds is 6. The molecule has 1 amide bonds. The van der Waals surface area contributed by atoms with E-state index in [1.807, 2.05) is 26.0 Å². The molecule has 0 radical (unpaired) electrons. The zero-order chi connectivity index (χ0) is 15.4. The van der Waals surface area contributed by atoms with Crippen LogP contribution in [0, 0.1) is 6.92 Å². The molecule has 0 saturated carbocycles. The number of hydrogen-bond donors (Lipinski definition) is 1. The maximum atomic E-state index is 12.3. The third kappa shape index (κ3) is 3.69. The van der Waals surface area contributed by atoms with Gasteiger partial charge in [-0.3, -0.25) is 9.59 Å². The summed E-state index contributed by atoms with van der Waals surface area (Å²) in [6.07, 6.45) is -0.0754. The van der Waals surface area contributed by atoms with E-state index >= 15 is 0 Å². The van der Waals surface area contributed by atoms with E-state index in [2.05, 4.69) is 4.98 Å². The van der Waals surface area contributed by atoms with Gasteiger partial charge in [-0.05, 0) is 26.0 Å². The van der Waals surface area contributed by atoms with E-state index in [0.717, 1.165) is 5.76 Å². The van der Waals surface area contributed by atoms with E-state index < -0.39 is 5.97 Å². The molecule has 2 aromatic heterocycles. The minimum absolute atomic E-state index is 0.0754. The van der Waals surface area contributed by atoms with Crippen LogP contribution in [0.5, 0.6) is 0 Å². The predicted octanol–water partition coefficient (Wildman–Crippen LogP) is 2.65. The Labute approximate surface area is 126 Å². The first-order valence-corrected chi connectivity index (χ1v) is 7.42. The van der Waals surface area contributed by atoms with Crippen LogP contribution < -0.4 is 0 Å². The second-order valence-corrected chi connectivity index (χ2v) is 5.33. The first kappa shape index (κ1) is 15.2. The molecule has 7 heteroatoms. The van der Waals surface area contributed by atoms with E-state index in [4.69, 9.17) is 9.52 Å². The zero-order valence-corrected chi connectivity index (χ0v) is 12.6. The highest BCUT2D eigenvalue weighted by Gasteiger charge is 2.19. The van der Waals surface area contributed by atoms with E-state index in [-0.39, 0.29) is 18.9 Å². The lowest BCUT2D eigenvalue weighted by Gasteiger charge is -2.18. The van der Waals surface area contributed by atoms with Crippen LogP contribution in [0.1, 0.15) is 29.6 Å². The molecule has 0 aliphatic rings. The van der Waals surface area contributed by atoms with Gasteiger partial charge in [-0.1, -0.05) is 0 Å². The largest absolute Gasteiger partial charge is 0.481 e. The summed E-state index contributed by atoms with van der Waals surface area (Å²) < 4.78 is 5.47. The first-order valence-electron chi connectivity index (χ1n) is 6.54. The van der Waals surface area contributed by atoms with Gasteiger partial charge in [-0.2, -0.15) is 0 Å². The number of nitrogens with zero attached hydrogens (tertiary/aromatic N) is 2. The van der Waals surface area contributed by atoms with Crippen molar-refractivity contribution in [3.8, 4) is 10.8 Å². The molecule has 2 heterocycles. The normalized spacial score (nSPS) is 10.6. The Kier molecular flexibility index (Phi) is 4.74. The maximum Gasteiger partial charge on any atom is 0.305 e. The van der Waals surface area contributed by atoms with Crippen LogP contribution in [0.15, 0.2) is 21.9 Å². The quantitative estimate of drug-likeness (QED) is 0.887. The topological polar surface area (TPSA) is 83.6 Å². The SMILES string of the molecule is CCN(CCC(=O)O)C(=O)c1csc(-c2ccc(C)o2)n1. The summed E-state index contributed by atoms with van der Waals surface area (Å²) in [5, 5.41) is 11.0. The molecule has 112 valence electrons. The van der Waals surface area contributed by atoms with Gasteiger partial charge in [0.05, 0.1) is 6.42 Å². The molecule has 0 atom stereocenters. The highest BCUT2D eigenvalue weighted by Crippen LogP contribution is 2.26. The molecule has 0 bridgehead atoms. The van der Waals surface area contributed by atoms with Crippen molar-refractivity contribution in [2.75, 3.05) is 13.1 Å². The monoisotopic (exact) mass is 308 g/mol. The average molecular weight is 308 g/mol. The lowest BCUT2D eigenvalue weighted by Crippen LogP contribution is -2.33. The third-order valence-corrected chi connectivity index (χ3v) is 3.80. The highest BCUT2D eigenvalue weighted by molar-refractivity contribution is 7.13. The van der Waals surface area contributed by atoms with Crippen LogP contribution in [0.3, 0.4) is 0 Å². The van der Waals surface area contributed by atoms with Crippen molar-refractivity contribution in [1.29, 1.82) is 0 Å². The first-order chi connectivity index (χ1) is 10.0. The number of hydrogen-bond acceptors (Lipinski definition) is 5. The molecule has 0 unspecified atom stereocenters. The molecule has 21 heavy (non-hydrogen) atoms. The Morgan fingerprint density at radius 2 is 2.19 bits per heavy atom. The van der Waals surface area contributed by atoms with E-state index in [0.29, 0.717) is 23.0 Å². The minimum atomic E-state index is -0.925. The van der Waals surface area contributed by atoms with Crippen LogP contribution in [-0.4, -0.2) is 40.0 Å². The van der Waals surface area contributed by atoms with Gasteiger partial charge >= 0.3 is 5.97 Å². The molecule has 0 saturated heterocycles. The maximum absolute atomic E-state index is 12.3. The van der Waals surface area contributed by atoms with Gasteiger partial charge in [0.25, 0.3) is 5.91 Å². The zero-order valence-electron chi connectivity index (χ0n) is 11.8. The number of carbonyl (C=O) groups excluding carboxylic acids is 1. The standard InChI is InChI=1S/C14H16N2O4S/c1-3-16(7-6-12(17)18)14(19)10-8-21-13(15-10)11-5-4-9(2)20-11/h4-5,8H,3,6-7H2,1-2H3,(H,17,18). The fraction of sp³-hybridized carbons (Fsp3) is 0.357. The fourth-order valence-corrected chi connectivity index (χ4v) is 2.58. The number of carboxylic acids is 1. The van der Waals surface area contributed by atoms with Gasteiger partial charge in [0.1, 0.15) is 11.5 Å². The minimum Gasteiger partial charge on any atom is -0.481 e. The van der Waals surface area contributed by atoms with Gasteiger partial charge in [-0.15, -0.1) is 11.3 Å². The number of thiazole rings is 1. The van der Waals surface area contributed by atoms with Gasteiger partial charge in [0.15, 0.2) is 10.8 Å². The lowest BCUT2D eigenvalue weighted by atomic mass is 10.3. The average Bonchev–Trinajstić information content (AvgIpc) is 3.07. The molecule has 0 fully saturated rings. The fourth-order valence-electron chi connectivity index (χ4n) is 1.83. The third-order valence-electron chi connectivity index (χ3n) is 2.94. The number of amides is 1. The summed E-state index contributed by atoms with van der Waals surface area (Å²) in [7, 11) is 0. The molecule has 0 spiro atoms. The summed E-state index contributed by atoms with van der Waals surface area (Å²) in [6.45, 7) is 4.27. The van der Waals surface area contributed by atoms with Crippen molar-refractivity contribution in [2.24, 2.45) is 0 Å². The second kappa shape index (κ2) is 6.53. The number of carboxylic acid groups (broad SMARTS) is 1. The summed E-state index contributed by atoms with van der Waals surface area (Å²) in [4.78, 5) is 28.6. The van der Waals surface area contributed by atoms with Crippen molar-refractivity contribution in [3.05, 3.63) is 29.0 Å². The van der Waals surface area contributed by atoms with Crippen molar-refractivity contribution in [2.45, 2.75) is 20.3 Å². The van der Waals surface area contributed by atoms with Gasteiger partial charge in [-0.25, -0.2) is 4.98 Å². The number of aromatic nitrogens is 1. The summed E-state index contributed by atoms with van der Waals surface area (Å²) in [5.74, 6) is 0.227. The molecule has 0 aromatic carbocycles. The Morgan fingerprint density at radius 1 is 1.43 bits per heavy atom. The van der Waals surface area contributed by atoms with Gasteiger partial charge < -0.3 is 14.4 Å². The van der Waals surface area contributed by atoms with Crippen molar-refractivity contribution < 1.29 is 19.1 Å². The van der Waals surface area contributed by atoms with E-state index in [9.17, 15) is 9.59 Å².